The molecule has 1 aromatic carbocycles. The number of pyridine rings is 1. The zero-order valence-corrected chi connectivity index (χ0v) is 14.8. The Morgan fingerprint density at radius 2 is 2.11 bits per heavy atom. The highest BCUT2D eigenvalue weighted by atomic mass is 35.5. The van der Waals surface area contributed by atoms with Crippen molar-refractivity contribution in [3.63, 3.8) is 0 Å². The SMILES string of the molecule is Cc1ccc(C(=O)N/N=C/c2ccc(-c3cc([N+](=O)[O-])ccc3Cl)o2)cn1. The van der Waals surface area contributed by atoms with Crippen LogP contribution in [0.2, 0.25) is 5.02 Å². The predicted molar refractivity (Wildman–Crippen MR) is 99.8 cm³/mol. The van der Waals surface area contributed by atoms with Gasteiger partial charge < -0.3 is 4.42 Å². The van der Waals surface area contributed by atoms with Crippen LogP contribution in [0.1, 0.15) is 21.8 Å². The topological polar surface area (TPSA) is 111 Å². The van der Waals surface area contributed by atoms with Crippen molar-refractivity contribution in [1.29, 1.82) is 0 Å². The fourth-order valence-electron chi connectivity index (χ4n) is 2.20. The van der Waals surface area contributed by atoms with Crippen molar-refractivity contribution in [3.8, 4) is 11.3 Å². The molecule has 136 valence electrons. The van der Waals surface area contributed by atoms with Gasteiger partial charge in [0.05, 0.1) is 21.7 Å². The van der Waals surface area contributed by atoms with Crippen LogP contribution >= 0.6 is 11.6 Å². The Balaban J connectivity index is 1.72. The molecule has 8 nitrogen and oxygen atoms in total. The summed E-state index contributed by atoms with van der Waals surface area (Å²) in [4.78, 5) is 26.4. The van der Waals surface area contributed by atoms with Gasteiger partial charge in [-0.1, -0.05) is 11.6 Å². The molecule has 0 aliphatic rings. The third kappa shape index (κ3) is 4.36. The van der Waals surface area contributed by atoms with Crippen molar-refractivity contribution >= 4 is 29.4 Å². The largest absolute Gasteiger partial charge is 0.455 e. The highest BCUT2D eigenvalue weighted by Crippen LogP contribution is 2.32. The van der Waals surface area contributed by atoms with E-state index in [1.165, 1.54) is 30.6 Å². The van der Waals surface area contributed by atoms with Gasteiger partial charge in [-0.2, -0.15) is 5.10 Å². The molecule has 0 atom stereocenters. The van der Waals surface area contributed by atoms with Gasteiger partial charge in [-0.05, 0) is 37.3 Å². The normalized spacial score (nSPS) is 10.9. The second kappa shape index (κ2) is 7.79. The fraction of sp³-hybridized carbons (Fsp3) is 0.0556. The molecule has 2 heterocycles. The van der Waals surface area contributed by atoms with Crippen LogP contribution in [-0.4, -0.2) is 22.0 Å². The molecule has 1 amide bonds. The number of hydrogen-bond acceptors (Lipinski definition) is 6. The molecule has 0 aliphatic carbocycles. The molecular formula is C18H13ClN4O4. The molecule has 2 aromatic heterocycles. The summed E-state index contributed by atoms with van der Waals surface area (Å²) >= 11 is 6.09. The zero-order valence-electron chi connectivity index (χ0n) is 14.0. The van der Waals surface area contributed by atoms with E-state index in [1.54, 1.807) is 24.3 Å². The Hall–Kier alpha value is -3.52. The molecule has 0 aliphatic heterocycles. The Kier molecular flexibility index (Phi) is 5.28. The van der Waals surface area contributed by atoms with Crippen LogP contribution in [0.25, 0.3) is 11.3 Å². The monoisotopic (exact) mass is 384 g/mol. The minimum absolute atomic E-state index is 0.0972. The highest BCUT2D eigenvalue weighted by Gasteiger charge is 2.14. The van der Waals surface area contributed by atoms with E-state index in [1.807, 2.05) is 6.92 Å². The number of non-ortho nitro benzene ring substituents is 1. The van der Waals surface area contributed by atoms with Crippen LogP contribution < -0.4 is 5.43 Å². The molecule has 1 N–H and O–H groups in total. The van der Waals surface area contributed by atoms with Crippen molar-refractivity contribution in [2.45, 2.75) is 6.92 Å². The maximum atomic E-state index is 11.9. The standard InChI is InChI=1S/C18H13ClN4O4/c1-11-2-3-12(9-20-11)18(24)22-21-10-14-5-7-17(27-14)15-8-13(23(25)26)4-6-16(15)19/h2-10H,1H3,(H,22,24)/b21-10+. The molecule has 9 heteroatoms. The summed E-state index contributed by atoms with van der Waals surface area (Å²) in [7, 11) is 0. The molecule has 0 saturated heterocycles. The fourth-order valence-corrected chi connectivity index (χ4v) is 2.41. The molecule has 3 rings (SSSR count). The smallest absolute Gasteiger partial charge is 0.272 e. The molecule has 3 aromatic rings. The Morgan fingerprint density at radius 3 is 2.81 bits per heavy atom. The Morgan fingerprint density at radius 1 is 1.30 bits per heavy atom. The average molecular weight is 385 g/mol. The van der Waals surface area contributed by atoms with E-state index in [9.17, 15) is 14.9 Å². The summed E-state index contributed by atoms with van der Waals surface area (Å²) in [5.41, 5.74) is 3.84. The summed E-state index contributed by atoms with van der Waals surface area (Å²) in [5, 5.41) is 15.1. The second-order valence-electron chi connectivity index (χ2n) is 5.51. The van der Waals surface area contributed by atoms with E-state index < -0.39 is 10.8 Å². The van der Waals surface area contributed by atoms with Crippen molar-refractivity contribution in [3.05, 3.63) is 80.8 Å². The molecule has 27 heavy (non-hydrogen) atoms. The number of carbonyl (C=O) groups excluding carboxylic acids is 1. The van der Waals surface area contributed by atoms with Crippen LogP contribution in [0.5, 0.6) is 0 Å². The van der Waals surface area contributed by atoms with Crippen LogP contribution in [-0.2, 0) is 0 Å². The molecule has 0 unspecified atom stereocenters. The summed E-state index contributed by atoms with van der Waals surface area (Å²) in [6.07, 6.45) is 2.77. The van der Waals surface area contributed by atoms with Crippen LogP contribution in [0, 0.1) is 17.0 Å². The number of nitro groups is 1. The number of aromatic nitrogens is 1. The lowest BCUT2D eigenvalue weighted by molar-refractivity contribution is -0.384. The number of aryl methyl sites for hydroxylation is 1. The van der Waals surface area contributed by atoms with Crippen molar-refractivity contribution in [1.82, 2.24) is 10.4 Å². The van der Waals surface area contributed by atoms with E-state index >= 15 is 0 Å². The number of nitrogens with one attached hydrogen (secondary N) is 1. The lowest BCUT2D eigenvalue weighted by Crippen LogP contribution is -2.17. The van der Waals surface area contributed by atoms with Gasteiger partial charge in [-0.3, -0.25) is 19.9 Å². The molecule has 0 saturated carbocycles. The summed E-state index contributed by atoms with van der Waals surface area (Å²) in [5.74, 6) is 0.279. The first kappa shape index (κ1) is 18.3. The van der Waals surface area contributed by atoms with Crippen molar-refractivity contribution in [2.75, 3.05) is 0 Å². The summed E-state index contributed by atoms with van der Waals surface area (Å²) in [6, 6.07) is 10.6. The zero-order chi connectivity index (χ0) is 19.4. The van der Waals surface area contributed by atoms with Gasteiger partial charge >= 0.3 is 0 Å². The third-order valence-corrected chi connectivity index (χ3v) is 3.91. The number of furan rings is 1. The molecule has 0 bridgehead atoms. The first-order chi connectivity index (χ1) is 12.9. The number of rotatable bonds is 5. The lowest BCUT2D eigenvalue weighted by Gasteiger charge is -2.00. The van der Waals surface area contributed by atoms with Gasteiger partial charge in [0.1, 0.15) is 11.5 Å². The maximum Gasteiger partial charge on any atom is 0.272 e. The Labute approximate surface area is 158 Å². The van der Waals surface area contributed by atoms with E-state index in [0.29, 0.717) is 27.7 Å². The van der Waals surface area contributed by atoms with E-state index in [-0.39, 0.29) is 5.69 Å². The lowest BCUT2D eigenvalue weighted by atomic mass is 10.1. The van der Waals surface area contributed by atoms with Gasteiger partial charge in [0, 0.05) is 29.6 Å². The average Bonchev–Trinajstić information content (AvgIpc) is 3.11. The minimum Gasteiger partial charge on any atom is -0.455 e. The van der Waals surface area contributed by atoms with Gasteiger partial charge in [-0.15, -0.1) is 0 Å². The van der Waals surface area contributed by atoms with Crippen LogP contribution in [0.15, 0.2) is 58.2 Å². The molecule has 0 fully saturated rings. The maximum absolute atomic E-state index is 11.9. The highest BCUT2D eigenvalue weighted by molar-refractivity contribution is 6.33. The first-order valence-corrected chi connectivity index (χ1v) is 8.12. The number of halogens is 1. The molecule has 0 radical (unpaired) electrons. The van der Waals surface area contributed by atoms with Crippen LogP contribution in [0.3, 0.4) is 0 Å². The minimum atomic E-state index is -0.513. The van der Waals surface area contributed by atoms with E-state index in [0.717, 1.165) is 5.69 Å². The Bertz CT molecular complexity index is 1030. The number of nitrogens with zero attached hydrogens (tertiary/aromatic N) is 3. The summed E-state index contributed by atoms with van der Waals surface area (Å²) < 4.78 is 5.57. The summed E-state index contributed by atoms with van der Waals surface area (Å²) in [6.45, 7) is 1.82. The predicted octanol–water partition coefficient (Wildman–Crippen LogP) is 3.98. The van der Waals surface area contributed by atoms with Gasteiger partial charge in [0.25, 0.3) is 11.6 Å². The van der Waals surface area contributed by atoms with Crippen LogP contribution in [0.4, 0.5) is 5.69 Å². The van der Waals surface area contributed by atoms with E-state index in [2.05, 4.69) is 15.5 Å². The quantitative estimate of drug-likeness (QED) is 0.406. The number of hydrogen-bond donors (Lipinski definition) is 1. The number of carbonyl (C=O) groups is 1. The third-order valence-electron chi connectivity index (χ3n) is 3.58. The number of nitro benzene ring substituents is 1. The molecular weight excluding hydrogens is 372 g/mol. The van der Waals surface area contributed by atoms with Crippen molar-refractivity contribution in [2.24, 2.45) is 5.10 Å². The number of amides is 1. The molecule has 0 spiro atoms. The van der Waals surface area contributed by atoms with Gasteiger partial charge in [0.15, 0.2) is 0 Å². The van der Waals surface area contributed by atoms with Crippen molar-refractivity contribution < 1.29 is 14.1 Å². The van der Waals surface area contributed by atoms with Gasteiger partial charge in [0.2, 0.25) is 0 Å². The first-order valence-electron chi connectivity index (χ1n) is 7.74. The van der Waals surface area contributed by atoms with E-state index in [4.69, 9.17) is 16.0 Å². The van der Waals surface area contributed by atoms with Gasteiger partial charge in [-0.25, -0.2) is 5.43 Å². The number of benzene rings is 1. The second-order valence-corrected chi connectivity index (χ2v) is 5.92. The number of hydrazone groups is 1.